The summed E-state index contributed by atoms with van der Waals surface area (Å²) in [4.78, 5) is 12.0. The molecule has 0 bridgehead atoms. The monoisotopic (exact) mass is 307 g/mol. The van der Waals surface area contributed by atoms with Crippen LogP contribution in [0.2, 0.25) is 0 Å². The van der Waals surface area contributed by atoms with Crippen molar-refractivity contribution < 1.29 is 24.2 Å². The number of nitrogens with zero attached hydrogens (tertiary/aromatic N) is 1. The van der Waals surface area contributed by atoms with Gasteiger partial charge in [0.25, 0.3) is 0 Å². The molecular weight excluding hydrogens is 286 g/mol. The number of rotatable bonds is 3. The van der Waals surface area contributed by atoms with Crippen molar-refractivity contribution in [3.8, 4) is 0 Å². The zero-order valence-electron chi connectivity index (χ0n) is 13.0. The predicted octanol–water partition coefficient (Wildman–Crippen LogP) is 3.07. The Hall–Kier alpha value is -1.89. The largest absolute Gasteiger partial charge is 0.443 e. The average molecular weight is 307 g/mol. The van der Waals surface area contributed by atoms with Crippen LogP contribution in [0.3, 0.4) is 0 Å². The van der Waals surface area contributed by atoms with Gasteiger partial charge in [0.15, 0.2) is 12.0 Å². The maximum atomic E-state index is 12.0. The predicted molar refractivity (Wildman–Crippen MR) is 78.9 cm³/mol. The Morgan fingerprint density at radius 1 is 1.36 bits per heavy atom. The first kappa shape index (κ1) is 16.5. The molecule has 0 saturated carbocycles. The van der Waals surface area contributed by atoms with Crippen LogP contribution >= 0.6 is 0 Å². The zero-order chi connectivity index (χ0) is 16.3. The number of carbonyl (C=O) groups is 1. The Morgan fingerprint density at radius 2 is 2.00 bits per heavy atom. The van der Waals surface area contributed by atoms with Crippen molar-refractivity contribution in [2.24, 2.45) is 0 Å². The zero-order valence-corrected chi connectivity index (χ0v) is 13.0. The normalized spacial score (nSPS) is 23.9. The Bertz CT molecular complexity index is 543. The SMILES string of the molecule is C=C1C(C)OC(C)(C)O[C@H]1N(O)C(=O)OCc1ccccc1. The minimum atomic E-state index is -1.01. The second-order valence-electron chi connectivity index (χ2n) is 5.59. The number of ether oxygens (including phenoxy) is 3. The van der Waals surface area contributed by atoms with E-state index in [0.717, 1.165) is 5.56 Å². The molecule has 1 N–H and O–H groups in total. The van der Waals surface area contributed by atoms with E-state index < -0.39 is 18.1 Å². The van der Waals surface area contributed by atoms with Crippen molar-refractivity contribution in [3.05, 3.63) is 48.0 Å². The molecule has 0 spiro atoms. The van der Waals surface area contributed by atoms with Gasteiger partial charge < -0.3 is 14.2 Å². The first-order valence-electron chi connectivity index (χ1n) is 7.03. The summed E-state index contributed by atoms with van der Waals surface area (Å²) in [7, 11) is 0. The Morgan fingerprint density at radius 3 is 2.64 bits per heavy atom. The van der Waals surface area contributed by atoms with E-state index in [1.165, 1.54) is 0 Å². The molecule has 0 radical (unpaired) electrons. The molecule has 120 valence electrons. The molecule has 6 heteroatoms. The third-order valence-electron chi connectivity index (χ3n) is 3.31. The molecule has 0 aliphatic carbocycles. The van der Waals surface area contributed by atoms with Gasteiger partial charge in [0.2, 0.25) is 0 Å². The maximum absolute atomic E-state index is 12.0. The first-order valence-corrected chi connectivity index (χ1v) is 7.03. The molecule has 1 aromatic carbocycles. The van der Waals surface area contributed by atoms with Crippen LogP contribution in [0.25, 0.3) is 0 Å². The van der Waals surface area contributed by atoms with Crippen molar-refractivity contribution in [1.29, 1.82) is 0 Å². The first-order chi connectivity index (χ1) is 10.3. The lowest BCUT2D eigenvalue weighted by atomic mass is 10.1. The highest BCUT2D eigenvalue weighted by Crippen LogP contribution is 2.31. The van der Waals surface area contributed by atoms with Crippen LogP contribution in [-0.4, -0.2) is 34.5 Å². The van der Waals surface area contributed by atoms with Gasteiger partial charge in [0.1, 0.15) is 6.61 Å². The van der Waals surface area contributed by atoms with E-state index in [1.54, 1.807) is 20.8 Å². The summed E-state index contributed by atoms with van der Waals surface area (Å²) in [5.41, 5.74) is 1.27. The van der Waals surface area contributed by atoms with Crippen LogP contribution in [-0.2, 0) is 20.8 Å². The molecule has 2 atom stereocenters. The number of hydrogen-bond donors (Lipinski definition) is 1. The van der Waals surface area contributed by atoms with Crippen LogP contribution in [0.15, 0.2) is 42.5 Å². The topological polar surface area (TPSA) is 68.2 Å². The van der Waals surface area contributed by atoms with E-state index in [0.29, 0.717) is 10.6 Å². The number of hydroxylamine groups is 2. The van der Waals surface area contributed by atoms with Crippen molar-refractivity contribution in [1.82, 2.24) is 5.06 Å². The Balaban J connectivity index is 1.98. The van der Waals surface area contributed by atoms with E-state index >= 15 is 0 Å². The average Bonchev–Trinajstić information content (AvgIpc) is 2.48. The van der Waals surface area contributed by atoms with Crippen LogP contribution in [0.5, 0.6) is 0 Å². The van der Waals surface area contributed by atoms with E-state index in [4.69, 9.17) is 14.2 Å². The van der Waals surface area contributed by atoms with Gasteiger partial charge in [-0.15, -0.1) is 0 Å². The molecule has 6 nitrogen and oxygen atoms in total. The fourth-order valence-corrected chi connectivity index (χ4v) is 2.16. The lowest BCUT2D eigenvalue weighted by molar-refractivity contribution is -0.324. The van der Waals surface area contributed by atoms with Gasteiger partial charge >= 0.3 is 6.09 Å². The minimum Gasteiger partial charge on any atom is -0.443 e. The second kappa shape index (κ2) is 6.48. The number of amides is 1. The van der Waals surface area contributed by atoms with Crippen molar-refractivity contribution in [3.63, 3.8) is 0 Å². The summed E-state index contributed by atoms with van der Waals surface area (Å²) < 4.78 is 16.2. The van der Waals surface area contributed by atoms with Crippen LogP contribution in [0.1, 0.15) is 26.3 Å². The third-order valence-corrected chi connectivity index (χ3v) is 3.31. The highest BCUT2D eigenvalue weighted by atomic mass is 16.7. The van der Waals surface area contributed by atoms with E-state index in [1.807, 2.05) is 30.3 Å². The lowest BCUT2D eigenvalue weighted by Gasteiger charge is -2.42. The van der Waals surface area contributed by atoms with Gasteiger partial charge in [-0.25, -0.2) is 4.79 Å². The van der Waals surface area contributed by atoms with Gasteiger partial charge in [0.05, 0.1) is 6.10 Å². The molecule has 1 unspecified atom stereocenters. The number of benzene rings is 1. The Labute approximate surface area is 129 Å². The van der Waals surface area contributed by atoms with Gasteiger partial charge in [-0.2, -0.15) is 5.06 Å². The molecule has 1 aliphatic heterocycles. The third kappa shape index (κ3) is 3.85. The number of hydrogen-bond acceptors (Lipinski definition) is 5. The standard InChI is InChI=1S/C16H21NO5/c1-11-12(2)21-16(3,4)22-14(11)17(19)15(18)20-10-13-8-6-5-7-9-13/h5-9,12,14,19H,1,10H2,2-4H3/t12?,14-/m1/s1. The molecule has 1 aliphatic rings. The van der Waals surface area contributed by atoms with Crippen LogP contribution in [0, 0.1) is 0 Å². The van der Waals surface area contributed by atoms with Crippen molar-refractivity contribution in [2.75, 3.05) is 0 Å². The van der Waals surface area contributed by atoms with Gasteiger partial charge in [-0.05, 0) is 26.3 Å². The Kier molecular flexibility index (Phi) is 4.85. The fourth-order valence-electron chi connectivity index (χ4n) is 2.16. The summed E-state index contributed by atoms with van der Waals surface area (Å²) in [5, 5.41) is 10.5. The fraction of sp³-hybridized carbons (Fsp3) is 0.438. The van der Waals surface area contributed by atoms with E-state index in [9.17, 15) is 10.0 Å². The molecule has 1 aromatic rings. The highest BCUT2D eigenvalue weighted by molar-refractivity contribution is 5.66. The molecule has 22 heavy (non-hydrogen) atoms. The van der Waals surface area contributed by atoms with Crippen LogP contribution < -0.4 is 0 Å². The quantitative estimate of drug-likeness (QED) is 0.528. The van der Waals surface area contributed by atoms with Crippen molar-refractivity contribution >= 4 is 6.09 Å². The van der Waals surface area contributed by atoms with Gasteiger partial charge in [-0.3, -0.25) is 5.21 Å². The molecular formula is C16H21NO5. The molecule has 2 rings (SSSR count). The minimum absolute atomic E-state index is 0.0609. The van der Waals surface area contributed by atoms with E-state index in [-0.39, 0.29) is 12.7 Å². The molecule has 1 amide bonds. The second-order valence-corrected chi connectivity index (χ2v) is 5.59. The number of carbonyl (C=O) groups excluding carboxylic acids is 1. The summed E-state index contributed by atoms with van der Waals surface area (Å²) in [5.74, 6) is -0.939. The van der Waals surface area contributed by atoms with E-state index in [2.05, 4.69) is 6.58 Å². The lowest BCUT2D eigenvalue weighted by Crippen LogP contribution is -2.53. The molecule has 1 heterocycles. The smallest absolute Gasteiger partial charge is 0.436 e. The van der Waals surface area contributed by atoms with Gasteiger partial charge in [-0.1, -0.05) is 36.9 Å². The summed E-state index contributed by atoms with van der Waals surface area (Å²) >= 11 is 0. The summed E-state index contributed by atoms with van der Waals surface area (Å²) in [6, 6.07) is 9.20. The van der Waals surface area contributed by atoms with Crippen LogP contribution in [0.4, 0.5) is 4.79 Å². The maximum Gasteiger partial charge on any atom is 0.436 e. The van der Waals surface area contributed by atoms with Crippen molar-refractivity contribution in [2.45, 2.75) is 45.5 Å². The van der Waals surface area contributed by atoms with Gasteiger partial charge in [0, 0.05) is 5.57 Å². The molecule has 1 fully saturated rings. The summed E-state index contributed by atoms with van der Waals surface area (Å²) in [6.07, 6.45) is -2.27. The highest BCUT2D eigenvalue weighted by Gasteiger charge is 2.41. The summed E-state index contributed by atoms with van der Waals surface area (Å²) in [6.45, 7) is 9.05. The molecule has 0 aromatic heterocycles. The molecule has 1 saturated heterocycles.